The van der Waals surface area contributed by atoms with Crippen LogP contribution >= 0.6 is 0 Å². The maximum absolute atomic E-state index is 13.2. The third-order valence-electron chi connectivity index (χ3n) is 6.10. The van der Waals surface area contributed by atoms with Gasteiger partial charge in [0, 0.05) is 17.7 Å². The Bertz CT molecular complexity index is 1380. The Hall–Kier alpha value is -4.57. The summed E-state index contributed by atoms with van der Waals surface area (Å²) in [4.78, 5) is 27.7. The van der Waals surface area contributed by atoms with E-state index in [1.165, 1.54) is 17.0 Å². The summed E-state index contributed by atoms with van der Waals surface area (Å²) < 4.78 is 5.73. The number of ketones is 1. The summed E-state index contributed by atoms with van der Waals surface area (Å²) in [5.41, 5.74) is 2.65. The number of Topliss-reactive ketones (excluding diaryl/α,β-unsaturated/α-hetero) is 1. The zero-order chi connectivity index (χ0) is 24.0. The van der Waals surface area contributed by atoms with Gasteiger partial charge in [0.05, 0.1) is 23.2 Å². The summed E-state index contributed by atoms with van der Waals surface area (Å²) in [6.45, 7) is 1.95. The highest BCUT2D eigenvalue weighted by Gasteiger charge is 2.47. The number of hydrogen-bond donors (Lipinski definition) is 2. The Labute approximate surface area is 195 Å². The molecule has 1 saturated heterocycles. The van der Waals surface area contributed by atoms with E-state index < -0.39 is 17.7 Å². The fourth-order valence-electron chi connectivity index (χ4n) is 4.49. The summed E-state index contributed by atoms with van der Waals surface area (Å²) in [6, 6.07) is 18.7. The third kappa shape index (κ3) is 3.46. The molecule has 0 bridgehead atoms. The first kappa shape index (κ1) is 21.3. The quantitative estimate of drug-likeness (QED) is 0.350. The second-order valence-electron chi connectivity index (χ2n) is 8.37. The number of carbonyl (C=O) groups excluding carboxylic acids is 2. The zero-order valence-corrected chi connectivity index (χ0v) is 18.2. The van der Waals surface area contributed by atoms with Crippen molar-refractivity contribution in [3.8, 4) is 17.6 Å². The Kier molecular flexibility index (Phi) is 5.06. The molecule has 0 aliphatic carbocycles. The highest BCUT2D eigenvalue weighted by molar-refractivity contribution is 6.51. The van der Waals surface area contributed by atoms with Crippen molar-refractivity contribution in [1.82, 2.24) is 0 Å². The first-order chi connectivity index (χ1) is 16.4. The molecule has 1 fully saturated rings. The van der Waals surface area contributed by atoms with Gasteiger partial charge in [-0.15, -0.1) is 0 Å². The van der Waals surface area contributed by atoms with Crippen molar-refractivity contribution < 1.29 is 24.5 Å². The van der Waals surface area contributed by atoms with Gasteiger partial charge >= 0.3 is 0 Å². The standard InChI is InChI=1S/C27H20N2O5/c1-15-12-19-13-18(6-11-22(19)34-15)25(31)23-24(17-4-9-21(30)10-5-17)29(27(33)26(23)32)20-7-2-16(14-28)3-8-20/h2-11,13,15,24,30-31H,12H2,1H3/b25-23-. The lowest BCUT2D eigenvalue weighted by atomic mass is 9.94. The maximum atomic E-state index is 13.2. The third-order valence-corrected chi connectivity index (χ3v) is 6.10. The first-order valence-corrected chi connectivity index (χ1v) is 10.8. The number of benzene rings is 3. The maximum Gasteiger partial charge on any atom is 0.300 e. The topological polar surface area (TPSA) is 111 Å². The Morgan fingerprint density at radius 2 is 1.76 bits per heavy atom. The summed E-state index contributed by atoms with van der Waals surface area (Å²) in [7, 11) is 0. The summed E-state index contributed by atoms with van der Waals surface area (Å²) in [6.07, 6.45) is 0.698. The number of nitriles is 1. The number of aromatic hydroxyl groups is 1. The lowest BCUT2D eigenvalue weighted by Crippen LogP contribution is -2.29. The van der Waals surface area contributed by atoms with Crippen molar-refractivity contribution in [2.45, 2.75) is 25.5 Å². The van der Waals surface area contributed by atoms with Crippen LogP contribution in [0.2, 0.25) is 0 Å². The number of aliphatic hydroxyl groups excluding tert-OH is 1. The second-order valence-corrected chi connectivity index (χ2v) is 8.37. The molecular weight excluding hydrogens is 432 g/mol. The van der Waals surface area contributed by atoms with Gasteiger partial charge in [0.2, 0.25) is 0 Å². The monoisotopic (exact) mass is 452 g/mol. The lowest BCUT2D eigenvalue weighted by Gasteiger charge is -2.25. The van der Waals surface area contributed by atoms with Crippen LogP contribution in [0.4, 0.5) is 5.69 Å². The van der Waals surface area contributed by atoms with Gasteiger partial charge in [-0.25, -0.2) is 0 Å². The predicted molar refractivity (Wildman–Crippen MR) is 124 cm³/mol. The Balaban J connectivity index is 1.68. The van der Waals surface area contributed by atoms with Crippen LogP contribution in [0.25, 0.3) is 5.76 Å². The van der Waals surface area contributed by atoms with E-state index in [0.29, 0.717) is 28.8 Å². The number of phenols is 1. The number of fused-ring (bicyclic) bond motifs is 1. The molecule has 2 aliphatic rings. The van der Waals surface area contributed by atoms with Gasteiger partial charge in [0.25, 0.3) is 11.7 Å². The number of phenolic OH excluding ortho intramolecular Hbond substituents is 1. The van der Waals surface area contributed by atoms with Gasteiger partial charge in [0.15, 0.2) is 0 Å². The van der Waals surface area contributed by atoms with Crippen molar-refractivity contribution in [3.63, 3.8) is 0 Å². The molecule has 1 amide bonds. The van der Waals surface area contributed by atoms with E-state index in [0.717, 1.165) is 11.3 Å². The van der Waals surface area contributed by atoms with Crippen LogP contribution in [-0.4, -0.2) is 28.0 Å². The molecule has 3 aromatic carbocycles. The number of rotatable bonds is 3. The SMILES string of the molecule is CC1Cc2cc(/C(O)=C3/C(=O)C(=O)N(c4ccc(C#N)cc4)C3c3ccc(O)cc3)ccc2O1. The van der Waals surface area contributed by atoms with E-state index in [2.05, 4.69) is 0 Å². The summed E-state index contributed by atoms with van der Waals surface area (Å²) in [5, 5.41) is 30.2. The number of carbonyl (C=O) groups is 2. The van der Waals surface area contributed by atoms with Gasteiger partial charge in [-0.3, -0.25) is 14.5 Å². The summed E-state index contributed by atoms with van der Waals surface area (Å²) in [5.74, 6) is -1.12. The first-order valence-electron chi connectivity index (χ1n) is 10.8. The van der Waals surface area contributed by atoms with Gasteiger partial charge in [-0.2, -0.15) is 5.26 Å². The van der Waals surface area contributed by atoms with E-state index in [1.54, 1.807) is 54.6 Å². The van der Waals surface area contributed by atoms with Crippen LogP contribution in [0.5, 0.6) is 11.5 Å². The van der Waals surface area contributed by atoms with Crippen molar-refractivity contribution in [1.29, 1.82) is 5.26 Å². The smallest absolute Gasteiger partial charge is 0.300 e. The van der Waals surface area contributed by atoms with Crippen LogP contribution in [0.15, 0.2) is 72.3 Å². The minimum absolute atomic E-state index is 0.0198. The second kappa shape index (κ2) is 8.09. The fraction of sp³-hybridized carbons (Fsp3) is 0.148. The number of aliphatic hydroxyl groups is 1. The van der Waals surface area contributed by atoms with Crippen LogP contribution in [-0.2, 0) is 16.0 Å². The van der Waals surface area contributed by atoms with Crippen molar-refractivity contribution in [2.24, 2.45) is 0 Å². The molecule has 0 radical (unpaired) electrons. The largest absolute Gasteiger partial charge is 0.508 e. The highest BCUT2D eigenvalue weighted by atomic mass is 16.5. The minimum atomic E-state index is -0.919. The Morgan fingerprint density at radius 3 is 2.44 bits per heavy atom. The number of hydrogen-bond acceptors (Lipinski definition) is 6. The molecule has 3 aromatic rings. The molecule has 2 unspecified atom stereocenters. The zero-order valence-electron chi connectivity index (χ0n) is 18.2. The van der Waals surface area contributed by atoms with Crippen molar-refractivity contribution in [2.75, 3.05) is 4.90 Å². The normalized spacial score (nSPS) is 20.6. The number of nitrogens with zero attached hydrogens (tertiary/aromatic N) is 2. The summed E-state index contributed by atoms with van der Waals surface area (Å²) >= 11 is 0. The average molecular weight is 452 g/mol. The molecule has 2 atom stereocenters. The molecule has 168 valence electrons. The van der Waals surface area contributed by atoms with E-state index in [-0.39, 0.29) is 23.2 Å². The minimum Gasteiger partial charge on any atom is -0.508 e. The highest BCUT2D eigenvalue weighted by Crippen LogP contribution is 2.43. The number of ether oxygens (including phenoxy) is 1. The Morgan fingerprint density at radius 1 is 1.06 bits per heavy atom. The predicted octanol–water partition coefficient (Wildman–Crippen LogP) is 4.21. The molecule has 2 N–H and O–H groups in total. The molecule has 7 nitrogen and oxygen atoms in total. The molecule has 2 aliphatic heterocycles. The fourth-order valence-corrected chi connectivity index (χ4v) is 4.49. The molecule has 0 spiro atoms. The van der Waals surface area contributed by atoms with E-state index in [4.69, 9.17) is 10.00 Å². The van der Waals surface area contributed by atoms with Crippen LogP contribution in [0, 0.1) is 11.3 Å². The van der Waals surface area contributed by atoms with E-state index >= 15 is 0 Å². The molecule has 0 saturated carbocycles. The van der Waals surface area contributed by atoms with Crippen molar-refractivity contribution >= 4 is 23.1 Å². The van der Waals surface area contributed by atoms with Gasteiger partial charge in [0.1, 0.15) is 23.4 Å². The van der Waals surface area contributed by atoms with E-state index in [1.807, 2.05) is 13.0 Å². The van der Waals surface area contributed by atoms with Gasteiger partial charge in [-0.05, 0) is 72.6 Å². The van der Waals surface area contributed by atoms with Gasteiger partial charge in [-0.1, -0.05) is 12.1 Å². The average Bonchev–Trinajstić information content (AvgIpc) is 3.34. The molecule has 0 aromatic heterocycles. The van der Waals surface area contributed by atoms with Crippen molar-refractivity contribution in [3.05, 3.63) is 94.6 Å². The number of amides is 1. The van der Waals surface area contributed by atoms with Gasteiger partial charge < -0.3 is 14.9 Å². The number of anilines is 1. The van der Waals surface area contributed by atoms with E-state index in [9.17, 15) is 19.8 Å². The molecule has 5 rings (SSSR count). The van der Waals surface area contributed by atoms with Crippen LogP contribution < -0.4 is 9.64 Å². The lowest BCUT2D eigenvalue weighted by molar-refractivity contribution is -0.132. The molecule has 7 heteroatoms. The molecular formula is C27H20N2O5. The van der Waals surface area contributed by atoms with Crippen LogP contribution in [0.3, 0.4) is 0 Å². The van der Waals surface area contributed by atoms with Crippen LogP contribution in [0.1, 0.15) is 35.2 Å². The molecule has 34 heavy (non-hydrogen) atoms. The molecule has 2 heterocycles.